The van der Waals surface area contributed by atoms with Crippen LogP contribution < -0.4 is 15.9 Å². The number of benzene rings is 2. The van der Waals surface area contributed by atoms with Gasteiger partial charge in [-0.1, -0.05) is 30.3 Å². The molecular formula is C28H17N4OP. The lowest BCUT2D eigenvalue weighted by Crippen LogP contribution is -2.26. The molecule has 1 aliphatic rings. The van der Waals surface area contributed by atoms with E-state index in [4.69, 9.17) is 0 Å². The van der Waals surface area contributed by atoms with Crippen molar-refractivity contribution in [3.63, 3.8) is 0 Å². The predicted octanol–water partition coefficient (Wildman–Crippen LogP) is 4.86. The van der Waals surface area contributed by atoms with E-state index in [9.17, 15) is 0 Å². The van der Waals surface area contributed by atoms with Crippen molar-refractivity contribution in [3.8, 4) is 22.3 Å². The molecule has 160 valence electrons. The van der Waals surface area contributed by atoms with Crippen LogP contribution in [-0.2, 0) is 4.57 Å². The van der Waals surface area contributed by atoms with Crippen LogP contribution in [0, 0.1) is 0 Å². The Morgan fingerprint density at radius 2 is 0.971 bits per heavy atom. The average Bonchev–Trinajstić information content (AvgIpc) is 3.02. The molecule has 0 spiro atoms. The van der Waals surface area contributed by atoms with Crippen LogP contribution in [0.25, 0.3) is 43.8 Å². The highest BCUT2D eigenvalue weighted by atomic mass is 31.2. The number of rotatable bonds is 1. The first-order valence-electron chi connectivity index (χ1n) is 11.0. The van der Waals surface area contributed by atoms with Gasteiger partial charge in [0.05, 0.1) is 0 Å². The summed E-state index contributed by atoms with van der Waals surface area (Å²) in [6, 6.07) is 17.6. The van der Waals surface area contributed by atoms with Gasteiger partial charge in [-0.15, -0.1) is 0 Å². The maximum atomic E-state index is 15.4. The molecule has 5 heterocycles. The van der Waals surface area contributed by atoms with E-state index in [1.165, 1.54) is 0 Å². The van der Waals surface area contributed by atoms with Crippen LogP contribution in [0.1, 0.15) is 0 Å². The number of hydrogen-bond donors (Lipinski definition) is 0. The number of nitrogens with zero attached hydrogens (tertiary/aromatic N) is 4. The lowest BCUT2D eigenvalue weighted by atomic mass is 9.87. The Morgan fingerprint density at radius 1 is 0.500 bits per heavy atom. The van der Waals surface area contributed by atoms with E-state index in [1.807, 2.05) is 79.4 Å². The maximum Gasteiger partial charge on any atom is 0.172 e. The summed E-state index contributed by atoms with van der Waals surface area (Å²) in [4.78, 5) is 17.8. The summed E-state index contributed by atoms with van der Waals surface area (Å²) in [5.41, 5.74) is 3.75. The van der Waals surface area contributed by atoms with E-state index in [2.05, 4.69) is 19.9 Å². The second-order valence-electron chi connectivity index (χ2n) is 8.32. The summed E-state index contributed by atoms with van der Waals surface area (Å²) in [5.74, 6) is 0. The molecule has 34 heavy (non-hydrogen) atoms. The van der Waals surface area contributed by atoms with Gasteiger partial charge in [0.1, 0.15) is 0 Å². The van der Waals surface area contributed by atoms with E-state index in [0.717, 1.165) is 59.7 Å². The Bertz CT molecular complexity index is 1690. The second kappa shape index (κ2) is 7.14. The molecule has 5 nitrogen and oxygen atoms in total. The third-order valence-corrected chi connectivity index (χ3v) is 9.82. The zero-order valence-corrected chi connectivity index (χ0v) is 18.9. The zero-order chi connectivity index (χ0) is 22.7. The largest absolute Gasteiger partial charge is 0.309 e. The minimum absolute atomic E-state index is 0.784. The molecule has 0 atom stereocenters. The van der Waals surface area contributed by atoms with E-state index in [-0.39, 0.29) is 0 Å². The summed E-state index contributed by atoms with van der Waals surface area (Å²) >= 11 is 0. The van der Waals surface area contributed by atoms with Crippen molar-refractivity contribution in [2.24, 2.45) is 0 Å². The molecule has 0 N–H and O–H groups in total. The van der Waals surface area contributed by atoms with Crippen LogP contribution in [0.5, 0.6) is 0 Å². The molecule has 6 heteroatoms. The lowest BCUT2D eigenvalue weighted by molar-refractivity contribution is 0.592. The van der Waals surface area contributed by atoms with Gasteiger partial charge in [-0.3, -0.25) is 19.9 Å². The van der Waals surface area contributed by atoms with Crippen molar-refractivity contribution in [2.75, 3.05) is 0 Å². The smallest absolute Gasteiger partial charge is 0.172 e. The molecule has 0 saturated heterocycles. The van der Waals surface area contributed by atoms with Gasteiger partial charge in [-0.25, -0.2) is 0 Å². The van der Waals surface area contributed by atoms with Gasteiger partial charge in [-0.05, 0) is 35.0 Å². The molecule has 6 aromatic rings. The highest BCUT2D eigenvalue weighted by Crippen LogP contribution is 2.54. The fourth-order valence-electron chi connectivity index (χ4n) is 5.24. The van der Waals surface area contributed by atoms with Crippen molar-refractivity contribution in [3.05, 3.63) is 104 Å². The van der Waals surface area contributed by atoms with Gasteiger partial charge in [-0.2, -0.15) is 0 Å². The molecule has 7 rings (SSSR count). The first-order chi connectivity index (χ1) is 16.8. The molecule has 0 radical (unpaired) electrons. The number of fused-ring (bicyclic) bond motifs is 10. The van der Waals surface area contributed by atoms with E-state index in [1.54, 1.807) is 24.8 Å². The lowest BCUT2D eigenvalue weighted by Gasteiger charge is -2.21. The molecule has 1 aliphatic heterocycles. The third kappa shape index (κ3) is 2.47. The molecular weight excluding hydrogens is 439 g/mol. The van der Waals surface area contributed by atoms with Crippen molar-refractivity contribution >= 4 is 44.6 Å². The maximum absolute atomic E-state index is 15.4. The molecule has 0 aliphatic carbocycles. The quantitative estimate of drug-likeness (QED) is 0.261. The first kappa shape index (κ1) is 19.3. The van der Waals surface area contributed by atoms with Gasteiger partial charge in [0.15, 0.2) is 7.14 Å². The molecule has 0 saturated carbocycles. The predicted molar refractivity (Wildman–Crippen MR) is 136 cm³/mol. The fourth-order valence-corrected chi connectivity index (χ4v) is 8.22. The van der Waals surface area contributed by atoms with Gasteiger partial charge >= 0.3 is 0 Å². The standard InChI is InChI=1S/C28H17N4OP/c33-34(18-4-2-1-3-5-18)25-8-12-31-16-23(25)27-19-6-10-29-14-21(19)22-15-30-11-7-20(22)28(27)24-17-32-13-9-26(24)34/h1-17H. The van der Waals surface area contributed by atoms with E-state index in [0.29, 0.717) is 0 Å². The van der Waals surface area contributed by atoms with Gasteiger partial charge in [0.2, 0.25) is 0 Å². The van der Waals surface area contributed by atoms with Gasteiger partial charge in [0, 0.05) is 98.5 Å². The summed E-state index contributed by atoms with van der Waals surface area (Å²) in [7, 11) is -3.24. The second-order valence-corrected chi connectivity index (χ2v) is 11.0. The van der Waals surface area contributed by atoms with Crippen molar-refractivity contribution < 1.29 is 4.57 Å². The average molecular weight is 456 g/mol. The number of aromatic nitrogens is 4. The molecule has 2 aromatic carbocycles. The molecule has 0 amide bonds. The zero-order valence-electron chi connectivity index (χ0n) is 18.0. The summed E-state index contributed by atoms with van der Waals surface area (Å²) < 4.78 is 15.4. The monoisotopic (exact) mass is 456 g/mol. The highest BCUT2D eigenvalue weighted by molar-refractivity contribution is 7.85. The minimum Gasteiger partial charge on any atom is -0.309 e. The highest BCUT2D eigenvalue weighted by Gasteiger charge is 2.39. The minimum atomic E-state index is -3.24. The Hall–Kier alpha value is -4.21. The Morgan fingerprint density at radius 3 is 1.50 bits per heavy atom. The fraction of sp³-hybridized carbons (Fsp3) is 0. The first-order valence-corrected chi connectivity index (χ1v) is 12.7. The van der Waals surface area contributed by atoms with Crippen LogP contribution >= 0.6 is 7.14 Å². The number of hydrogen-bond acceptors (Lipinski definition) is 5. The third-order valence-electron chi connectivity index (χ3n) is 6.65. The molecule has 0 unspecified atom stereocenters. The number of pyridine rings is 4. The van der Waals surface area contributed by atoms with E-state index >= 15 is 4.57 Å². The Labute approximate surface area is 195 Å². The van der Waals surface area contributed by atoms with Crippen LogP contribution in [0.4, 0.5) is 0 Å². The van der Waals surface area contributed by atoms with Crippen molar-refractivity contribution in [2.45, 2.75) is 0 Å². The van der Waals surface area contributed by atoms with E-state index < -0.39 is 7.14 Å². The molecule has 0 bridgehead atoms. The van der Waals surface area contributed by atoms with Crippen molar-refractivity contribution in [1.82, 2.24) is 19.9 Å². The normalized spacial score (nSPS) is 13.6. The van der Waals surface area contributed by atoms with Crippen LogP contribution in [0.3, 0.4) is 0 Å². The topological polar surface area (TPSA) is 68.6 Å². The summed E-state index contributed by atoms with van der Waals surface area (Å²) in [6.45, 7) is 0. The molecule has 4 aromatic heterocycles. The SMILES string of the molecule is O=P1(c2ccccc2)c2ccncc2-c2c(c3ccncc3c3cnccc23)-c2cnccc21. The van der Waals surface area contributed by atoms with Crippen LogP contribution in [0.15, 0.2) is 104 Å². The van der Waals surface area contributed by atoms with Crippen LogP contribution in [0.2, 0.25) is 0 Å². The van der Waals surface area contributed by atoms with Crippen molar-refractivity contribution in [1.29, 1.82) is 0 Å². The summed E-state index contributed by atoms with van der Waals surface area (Å²) in [5, 5.41) is 6.41. The van der Waals surface area contributed by atoms with Gasteiger partial charge in [0.25, 0.3) is 0 Å². The van der Waals surface area contributed by atoms with Crippen LogP contribution in [-0.4, -0.2) is 19.9 Å². The van der Waals surface area contributed by atoms with Gasteiger partial charge < -0.3 is 4.57 Å². The Kier molecular flexibility index (Phi) is 4.05. The molecule has 0 fully saturated rings. The Balaban J connectivity index is 1.80. The summed E-state index contributed by atoms with van der Waals surface area (Å²) in [6.07, 6.45) is 14.5.